The summed E-state index contributed by atoms with van der Waals surface area (Å²) in [4.78, 5) is 27.4. The number of ketones is 1. The predicted octanol–water partition coefficient (Wildman–Crippen LogP) is 3.75. The van der Waals surface area contributed by atoms with Gasteiger partial charge in [0.1, 0.15) is 0 Å². The smallest absolute Gasteiger partial charge is 0.225 e. The van der Waals surface area contributed by atoms with E-state index in [0.717, 1.165) is 68.6 Å². The molecule has 3 rings (SSSR count). The second-order valence-corrected chi connectivity index (χ2v) is 7.36. The molecule has 144 valence electrons. The second kappa shape index (κ2) is 9.86. The van der Waals surface area contributed by atoms with Crippen molar-refractivity contribution in [3.63, 3.8) is 0 Å². The molecule has 1 aromatic carbocycles. The van der Waals surface area contributed by atoms with Gasteiger partial charge in [0.25, 0.3) is 0 Å². The van der Waals surface area contributed by atoms with E-state index in [1.54, 1.807) is 0 Å². The Kier molecular flexibility index (Phi) is 7.83. The molecule has 0 aromatic heterocycles. The first-order chi connectivity index (χ1) is 12.5. The van der Waals surface area contributed by atoms with E-state index in [1.807, 2.05) is 44.7 Å². The van der Waals surface area contributed by atoms with Crippen molar-refractivity contribution in [2.75, 3.05) is 26.2 Å². The van der Waals surface area contributed by atoms with Crippen LogP contribution >= 0.6 is 0 Å². The van der Waals surface area contributed by atoms with Crippen LogP contribution in [0.1, 0.15) is 61.0 Å². The third-order valence-electron chi connectivity index (χ3n) is 5.37. The Balaban J connectivity index is 0.00000117. The summed E-state index contributed by atoms with van der Waals surface area (Å²) in [6, 6.07) is 6.07. The Hall–Kier alpha value is -1.68. The zero-order chi connectivity index (χ0) is 19.1. The van der Waals surface area contributed by atoms with Crippen LogP contribution in [0.3, 0.4) is 0 Å². The van der Waals surface area contributed by atoms with Crippen molar-refractivity contribution in [2.24, 2.45) is 11.8 Å². The molecule has 26 heavy (non-hydrogen) atoms. The number of rotatable bonds is 3. The standard InChI is InChI=1S/C20H28N2O2.C2H6/c1-14-11-15(2)13-18(12-14)19(23)16-5-9-22(10-6-16)20(24)17-3-7-21-8-4-17;1-2/h11-13,16-17,21H,3-10H2,1-2H3;1-2H3. The minimum absolute atomic E-state index is 0.0586. The van der Waals surface area contributed by atoms with Gasteiger partial charge < -0.3 is 10.2 Å². The van der Waals surface area contributed by atoms with Gasteiger partial charge >= 0.3 is 0 Å². The number of carbonyl (C=O) groups excluding carboxylic acids is 2. The molecule has 0 unspecified atom stereocenters. The Morgan fingerprint density at radius 2 is 1.42 bits per heavy atom. The summed E-state index contributed by atoms with van der Waals surface area (Å²) in [5.41, 5.74) is 3.10. The maximum Gasteiger partial charge on any atom is 0.225 e. The van der Waals surface area contributed by atoms with Gasteiger partial charge in [0, 0.05) is 30.5 Å². The number of benzene rings is 1. The first kappa shape index (κ1) is 20.6. The van der Waals surface area contributed by atoms with Crippen molar-refractivity contribution in [2.45, 2.75) is 53.4 Å². The van der Waals surface area contributed by atoms with Crippen LogP contribution in [0, 0.1) is 25.7 Å². The number of Topliss-reactive ketones (excluding diaryl/α,β-unsaturated/α-hetero) is 1. The van der Waals surface area contributed by atoms with Gasteiger partial charge in [-0.3, -0.25) is 9.59 Å². The van der Waals surface area contributed by atoms with E-state index in [4.69, 9.17) is 0 Å². The molecular formula is C22H34N2O2. The lowest BCUT2D eigenvalue weighted by Gasteiger charge is -2.35. The van der Waals surface area contributed by atoms with Crippen molar-refractivity contribution in [1.82, 2.24) is 10.2 Å². The summed E-state index contributed by atoms with van der Waals surface area (Å²) >= 11 is 0. The molecule has 0 bridgehead atoms. The molecule has 0 spiro atoms. The van der Waals surface area contributed by atoms with E-state index in [-0.39, 0.29) is 17.6 Å². The Morgan fingerprint density at radius 1 is 0.885 bits per heavy atom. The molecule has 1 amide bonds. The fourth-order valence-corrected chi connectivity index (χ4v) is 4.04. The molecule has 2 aliphatic rings. The van der Waals surface area contributed by atoms with Gasteiger partial charge in [-0.15, -0.1) is 0 Å². The highest BCUT2D eigenvalue weighted by atomic mass is 16.2. The van der Waals surface area contributed by atoms with Gasteiger partial charge in [0.15, 0.2) is 5.78 Å². The quantitative estimate of drug-likeness (QED) is 0.837. The van der Waals surface area contributed by atoms with E-state index < -0.39 is 0 Å². The summed E-state index contributed by atoms with van der Waals surface area (Å²) in [5.74, 6) is 0.783. The first-order valence-corrected chi connectivity index (χ1v) is 10.2. The number of nitrogens with zero attached hydrogens (tertiary/aromatic N) is 1. The summed E-state index contributed by atoms with van der Waals surface area (Å²) in [6.07, 6.45) is 3.48. The molecule has 2 heterocycles. The maximum absolute atomic E-state index is 12.8. The van der Waals surface area contributed by atoms with Crippen LogP contribution in [0.5, 0.6) is 0 Å². The highest BCUT2D eigenvalue weighted by Crippen LogP contribution is 2.25. The maximum atomic E-state index is 12.8. The van der Waals surface area contributed by atoms with Crippen molar-refractivity contribution < 1.29 is 9.59 Å². The minimum Gasteiger partial charge on any atom is -0.342 e. The summed E-state index contributed by atoms with van der Waals surface area (Å²) in [5, 5.41) is 3.31. The fraction of sp³-hybridized carbons (Fsp3) is 0.636. The molecule has 0 saturated carbocycles. The van der Waals surface area contributed by atoms with Crippen molar-refractivity contribution in [1.29, 1.82) is 0 Å². The van der Waals surface area contributed by atoms with Crippen LogP contribution in [-0.4, -0.2) is 42.8 Å². The highest BCUT2D eigenvalue weighted by molar-refractivity contribution is 5.98. The van der Waals surface area contributed by atoms with Crippen LogP contribution in [0.2, 0.25) is 0 Å². The molecule has 2 fully saturated rings. The highest BCUT2D eigenvalue weighted by Gasteiger charge is 2.31. The van der Waals surface area contributed by atoms with Crippen molar-refractivity contribution in [3.05, 3.63) is 34.9 Å². The number of likely N-dealkylation sites (tertiary alicyclic amines) is 1. The summed E-state index contributed by atoms with van der Waals surface area (Å²) in [6.45, 7) is 11.4. The van der Waals surface area contributed by atoms with Gasteiger partial charge in [0.2, 0.25) is 5.91 Å². The van der Waals surface area contributed by atoms with Gasteiger partial charge in [-0.1, -0.05) is 31.0 Å². The molecule has 4 heteroatoms. The summed E-state index contributed by atoms with van der Waals surface area (Å²) in [7, 11) is 0. The predicted molar refractivity (Wildman–Crippen MR) is 106 cm³/mol. The average Bonchev–Trinajstić information content (AvgIpc) is 2.68. The van der Waals surface area contributed by atoms with Gasteiger partial charge in [-0.25, -0.2) is 0 Å². The molecule has 0 radical (unpaired) electrons. The van der Waals surface area contributed by atoms with E-state index in [0.29, 0.717) is 5.91 Å². The molecule has 1 aromatic rings. The second-order valence-electron chi connectivity index (χ2n) is 7.36. The molecular weight excluding hydrogens is 324 g/mol. The number of nitrogens with one attached hydrogen (secondary N) is 1. The Labute approximate surface area is 158 Å². The minimum atomic E-state index is 0.0586. The van der Waals surface area contributed by atoms with Crippen molar-refractivity contribution >= 4 is 11.7 Å². The lowest BCUT2D eigenvalue weighted by atomic mass is 9.87. The largest absolute Gasteiger partial charge is 0.342 e. The molecule has 1 N–H and O–H groups in total. The van der Waals surface area contributed by atoms with Crippen LogP contribution in [0.4, 0.5) is 0 Å². The molecule has 4 nitrogen and oxygen atoms in total. The SMILES string of the molecule is CC.Cc1cc(C)cc(C(=O)C2CCN(C(=O)C3CCNCC3)CC2)c1. The lowest BCUT2D eigenvalue weighted by Crippen LogP contribution is -2.45. The number of hydrogen-bond acceptors (Lipinski definition) is 3. The van der Waals surface area contributed by atoms with E-state index in [9.17, 15) is 9.59 Å². The molecule has 2 saturated heterocycles. The van der Waals surface area contributed by atoms with Gasteiger partial charge in [-0.05, 0) is 64.8 Å². The zero-order valence-electron chi connectivity index (χ0n) is 16.8. The molecule has 0 aliphatic carbocycles. The lowest BCUT2D eigenvalue weighted by molar-refractivity contribution is -0.137. The molecule has 0 atom stereocenters. The third-order valence-corrected chi connectivity index (χ3v) is 5.37. The number of carbonyl (C=O) groups is 2. The van der Waals surface area contributed by atoms with E-state index in [2.05, 4.69) is 11.4 Å². The van der Waals surface area contributed by atoms with Crippen molar-refractivity contribution in [3.8, 4) is 0 Å². The van der Waals surface area contributed by atoms with Crippen LogP contribution in [0.15, 0.2) is 18.2 Å². The fourth-order valence-electron chi connectivity index (χ4n) is 4.04. The van der Waals surface area contributed by atoms with Gasteiger partial charge in [-0.2, -0.15) is 0 Å². The normalized spacial score (nSPS) is 18.8. The Morgan fingerprint density at radius 3 is 1.96 bits per heavy atom. The third kappa shape index (κ3) is 5.16. The van der Waals surface area contributed by atoms with Crippen LogP contribution < -0.4 is 5.32 Å². The Bertz CT molecular complexity index is 592. The van der Waals surface area contributed by atoms with Crippen LogP contribution in [-0.2, 0) is 4.79 Å². The zero-order valence-corrected chi connectivity index (χ0v) is 16.8. The number of amides is 1. The summed E-state index contributed by atoms with van der Waals surface area (Å²) < 4.78 is 0. The number of piperidine rings is 2. The van der Waals surface area contributed by atoms with E-state index in [1.165, 1.54) is 0 Å². The molecule has 2 aliphatic heterocycles. The average molecular weight is 359 g/mol. The number of aryl methyl sites for hydroxylation is 2. The van der Waals surface area contributed by atoms with E-state index >= 15 is 0 Å². The monoisotopic (exact) mass is 358 g/mol. The first-order valence-electron chi connectivity index (χ1n) is 10.2. The van der Waals surface area contributed by atoms with Gasteiger partial charge in [0.05, 0.1) is 0 Å². The topological polar surface area (TPSA) is 49.4 Å². The van der Waals surface area contributed by atoms with Crippen LogP contribution in [0.25, 0.3) is 0 Å². The number of hydrogen-bond donors (Lipinski definition) is 1.